The van der Waals surface area contributed by atoms with Crippen molar-refractivity contribution in [2.45, 2.75) is 32.9 Å². The van der Waals surface area contributed by atoms with Crippen LogP contribution in [0.15, 0.2) is 0 Å². The first-order valence-corrected chi connectivity index (χ1v) is 4.39. The Balaban J connectivity index is 3.67. The Labute approximate surface area is 83.1 Å². The van der Waals surface area contributed by atoms with E-state index in [4.69, 9.17) is 5.73 Å². The van der Waals surface area contributed by atoms with Crippen molar-refractivity contribution in [1.82, 2.24) is 10.8 Å². The molecule has 0 aromatic rings. The highest BCUT2D eigenvalue weighted by Gasteiger charge is 2.13. The number of nitrogens with one attached hydrogen (secondary N) is 2. The summed E-state index contributed by atoms with van der Waals surface area (Å²) in [7, 11) is 0. The summed E-state index contributed by atoms with van der Waals surface area (Å²) in [6.45, 7) is 5.09. The number of carbonyl (C=O) groups is 2. The molecule has 0 rings (SSSR count). The van der Waals surface area contributed by atoms with Gasteiger partial charge in [-0.2, -0.15) is 5.48 Å². The number of carbonyl (C=O) groups excluding carboxylic acids is 2. The number of primary amides is 1. The van der Waals surface area contributed by atoms with E-state index < -0.39 is 11.9 Å². The van der Waals surface area contributed by atoms with E-state index in [1.807, 2.05) is 13.8 Å². The number of amides is 2. The Kier molecular flexibility index (Phi) is 5.82. The fourth-order valence-corrected chi connectivity index (χ4v) is 0.701. The van der Waals surface area contributed by atoms with Gasteiger partial charge in [-0.05, 0) is 20.8 Å². The smallest absolute Gasteiger partial charge is 0.245 e. The van der Waals surface area contributed by atoms with Crippen LogP contribution in [-0.4, -0.2) is 30.5 Å². The normalized spacial score (nSPS) is 12.6. The monoisotopic (exact) mass is 203 g/mol. The van der Waals surface area contributed by atoms with E-state index in [2.05, 4.69) is 15.6 Å². The van der Waals surface area contributed by atoms with Crippen molar-refractivity contribution in [3.05, 3.63) is 0 Å². The maximum Gasteiger partial charge on any atom is 0.245 e. The molecular weight excluding hydrogens is 186 g/mol. The molecule has 0 aliphatic carbocycles. The van der Waals surface area contributed by atoms with E-state index >= 15 is 0 Å². The second-order valence-corrected chi connectivity index (χ2v) is 3.26. The van der Waals surface area contributed by atoms with Gasteiger partial charge in [-0.3, -0.25) is 14.4 Å². The van der Waals surface area contributed by atoms with E-state index in [9.17, 15) is 9.59 Å². The lowest BCUT2D eigenvalue weighted by molar-refractivity contribution is -0.133. The average Bonchev–Trinajstić information content (AvgIpc) is 2.01. The van der Waals surface area contributed by atoms with Gasteiger partial charge in [-0.15, -0.1) is 0 Å². The minimum atomic E-state index is -0.589. The second-order valence-electron chi connectivity index (χ2n) is 3.26. The van der Waals surface area contributed by atoms with Crippen LogP contribution in [0.5, 0.6) is 0 Å². The summed E-state index contributed by atoms with van der Waals surface area (Å²) in [6.07, 6.45) is 0. The molecule has 0 aliphatic rings. The molecule has 0 spiro atoms. The number of hydrogen-bond donors (Lipinski definition) is 3. The summed E-state index contributed by atoms with van der Waals surface area (Å²) < 4.78 is 0. The first kappa shape index (κ1) is 12.9. The lowest BCUT2D eigenvalue weighted by atomic mass is 10.3. The zero-order chi connectivity index (χ0) is 11.1. The molecule has 82 valence electrons. The third kappa shape index (κ3) is 6.38. The Morgan fingerprint density at radius 2 is 1.93 bits per heavy atom. The Bertz CT molecular complexity index is 206. The Hall–Kier alpha value is -1.14. The van der Waals surface area contributed by atoms with Crippen LogP contribution >= 0.6 is 0 Å². The van der Waals surface area contributed by atoms with Gasteiger partial charge < -0.3 is 11.1 Å². The van der Waals surface area contributed by atoms with Gasteiger partial charge in [-0.25, -0.2) is 0 Å². The predicted octanol–water partition coefficient (Wildman–Crippen LogP) is -1.09. The summed E-state index contributed by atoms with van der Waals surface area (Å²) in [5.41, 5.74) is 7.24. The molecule has 0 aromatic carbocycles. The third-order valence-corrected chi connectivity index (χ3v) is 1.30. The van der Waals surface area contributed by atoms with Crippen molar-refractivity contribution >= 4 is 11.8 Å². The van der Waals surface area contributed by atoms with Crippen molar-refractivity contribution in [2.24, 2.45) is 5.73 Å². The van der Waals surface area contributed by atoms with Crippen LogP contribution in [0.25, 0.3) is 0 Å². The molecule has 0 aliphatic heterocycles. The fourth-order valence-electron chi connectivity index (χ4n) is 0.701. The molecule has 2 amide bonds. The van der Waals surface area contributed by atoms with E-state index in [1.54, 1.807) is 6.92 Å². The van der Waals surface area contributed by atoms with Crippen molar-refractivity contribution in [1.29, 1.82) is 0 Å². The molecule has 0 aromatic heterocycles. The first-order chi connectivity index (χ1) is 6.43. The molecule has 0 bridgehead atoms. The number of hydrogen-bond acceptors (Lipinski definition) is 4. The molecule has 6 nitrogen and oxygen atoms in total. The highest BCUT2D eigenvalue weighted by atomic mass is 16.6. The molecule has 1 unspecified atom stereocenters. The fraction of sp³-hybridized carbons (Fsp3) is 0.750. The van der Waals surface area contributed by atoms with Crippen molar-refractivity contribution in [3.8, 4) is 0 Å². The summed E-state index contributed by atoms with van der Waals surface area (Å²) in [5, 5.41) is 2.68. The first-order valence-electron chi connectivity index (χ1n) is 4.39. The second kappa shape index (κ2) is 6.33. The Morgan fingerprint density at radius 3 is 2.36 bits per heavy atom. The highest BCUT2D eigenvalue weighted by molar-refractivity contribution is 5.81. The minimum absolute atomic E-state index is 0.0721. The largest absolute Gasteiger partial charge is 0.368 e. The molecule has 6 heteroatoms. The molecule has 1 atom stereocenters. The van der Waals surface area contributed by atoms with Crippen LogP contribution in [0.3, 0.4) is 0 Å². The standard InChI is InChI=1S/C8H17N3O3/c1-5(2)10-8(13)6(3)11-14-4-7(9)12/h5-6,11H,4H2,1-3H3,(H2,9,12)(H,10,13). The molecule has 0 radical (unpaired) electrons. The van der Waals surface area contributed by atoms with Crippen LogP contribution in [0.2, 0.25) is 0 Å². The van der Waals surface area contributed by atoms with Crippen LogP contribution in [0.1, 0.15) is 20.8 Å². The summed E-state index contributed by atoms with van der Waals surface area (Å²) >= 11 is 0. The molecule has 0 fully saturated rings. The molecule has 0 heterocycles. The van der Waals surface area contributed by atoms with E-state index in [0.29, 0.717) is 0 Å². The lowest BCUT2D eigenvalue weighted by Crippen LogP contribution is -2.45. The average molecular weight is 203 g/mol. The van der Waals surface area contributed by atoms with Gasteiger partial charge in [0.15, 0.2) is 0 Å². The van der Waals surface area contributed by atoms with Gasteiger partial charge in [0.25, 0.3) is 0 Å². The molecule has 14 heavy (non-hydrogen) atoms. The van der Waals surface area contributed by atoms with E-state index in [1.165, 1.54) is 0 Å². The molecular formula is C8H17N3O3. The van der Waals surface area contributed by atoms with Crippen molar-refractivity contribution in [2.75, 3.05) is 6.61 Å². The SMILES string of the molecule is CC(C)NC(=O)C(C)NOCC(N)=O. The lowest BCUT2D eigenvalue weighted by Gasteiger charge is -2.15. The van der Waals surface area contributed by atoms with Crippen LogP contribution < -0.4 is 16.5 Å². The van der Waals surface area contributed by atoms with Crippen LogP contribution in [0, 0.1) is 0 Å². The summed E-state index contributed by atoms with van der Waals surface area (Å²) in [4.78, 5) is 26.2. The van der Waals surface area contributed by atoms with Gasteiger partial charge in [-0.1, -0.05) is 0 Å². The zero-order valence-corrected chi connectivity index (χ0v) is 8.66. The summed E-state index contributed by atoms with van der Waals surface area (Å²) in [5.74, 6) is -0.779. The maximum absolute atomic E-state index is 11.3. The third-order valence-electron chi connectivity index (χ3n) is 1.30. The maximum atomic E-state index is 11.3. The molecule has 0 saturated carbocycles. The zero-order valence-electron chi connectivity index (χ0n) is 8.66. The van der Waals surface area contributed by atoms with Gasteiger partial charge in [0.1, 0.15) is 12.6 Å². The number of nitrogens with two attached hydrogens (primary N) is 1. The summed E-state index contributed by atoms with van der Waals surface area (Å²) in [6, 6.07) is -0.445. The predicted molar refractivity (Wildman–Crippen MR) is 51.0 cm³/mol. The van der Waals surface area contributed by atoms with Crippen LogP contribution in [-0.2, 0) is 14.4 Å². The minimum Gasteiger partial charge on any atom is -0.368 e. The number of rotatable bonds is 6. The van der Waals surface area contributed by atoms with Crippen LogP contribution in [0.4, 0.5) is 0 Å². The van der Waals surface area contributed by atoms with Gasteiger partial charge in [0, 0.05) is 6.04 Å². The van der Waals surface area contributed by atoms with Crippen molar-refractivity contribution < 1.29 is 14.4 Å². The highest BCUT2D eigenvalue weighted by Crippen LogP contribution is 1.85. The Morgan fingerprint density at radius 1 is 1.36 bits per heavy atom. The van der Waals surface area contributed by atoms with E-state index in [-0.39, 0.29) is 18.6 Å². The molecule has 0 saturated heterocycles. The topological polar surface area (TPSA) is 93.4 Å². The quantitative estimate of drug-likeness (QED) is 0.478. The molecule has 4 N–H and O–H groups in total. The van der Waals surface area contributed by atoms with Crippen molar-refractivity contribution in [3.63, 3.8) is 0 Å². The van der Waals surface area contributed by atoms with Gasteiger partial charge >= 0.3 is 0 Å². The van der Waals surface area contributed by atoms with Gasteiger partial charge in [0.2, 0.25) is 11.8 Å². The van der Waals surface area contributed by atoms with E-state index in [0.717, 1.165) is 0 Å². The number of hydroxylamine groups is 1. The van der Waals surface area contributed by atoms with Gasteiger partial charge in [0.05, 0.1) is 0 Å².